The van der Waals surface area contributed by atoms with Crippen LogP contribution in [0.1, 0.15) is 11.3 Å². The highest BCUT2D eigenvalue weighted by Gasteiger charge is 2.31. The van der Waals surface area contributed by atoms with Crippen molar-refractivity contribution in [1.82, 2.24) is 9.38 Å². The molecule has 3 aromatic rings. The van der Waals surface area contributed by atoms with Crippen LogP contribution in [0.15, 0.2) is 42.7 Å². The fourth-order valence-corrected chi connectivity index (χ4v) is 2.68. The summed E-state index contributed by atoms with van der Waals surface area (Å²) >= 11 is 5.88. The number of ether oxygens (including phenoxy) is 1. The summed E-state index contributed by atoms with van der Waals surface area (Å²) in [6, 6.07) is 7.60. The fraction of sp³-hybridized carbons (Fsp3) is 0.176. The van der Waals surface area contributed by atoms with Crippen molar-refractivity contribution in [3.63, 3.8) is 0 Å². The standard InChI is InChI=1S/C17H13ClF3N3O2/c1-26-13-4-2-3-11(6-13)22-15(25)7-12-9-24-8-10(17(19,20)21)5-14(18)16(24)23-12/h2-6,8-9H,7H2,1H3,(H,22,25). The molecule has 1 N–H and O–H groups in total. The van der Waals surface area contributed by atoms with E-state index in [4.69, 9.17) is 16.3 Å². The molecule has 0 atom stereocenters. The van der Waals surface area contributed by atoms with Gasteiger partial charge in [-0.05, 0) is 18.2 Å². The molecule has 5 nitrogen and oxygen atoms in total. The van der Waals surface area contributed by atoms with Gasteiger partial charge < -0.3 is 14.5 Å². The van der Waals surface area contributed by atoms with Gasteiger partial charge in [-0.25, -0.2) is 4.98 Å². The summed E-state index contributed by atoms with van der Waals surface area (Å²) in [4.78, 5) is 16.3. The summed E-state index contributed by atoms with van der Waals surface area (Å²) in [5.74, 6) is 0.218. The second kappa shape index (κ2) is 6.87. The van der Waals surface area contributed by atoms with Crippen LogP contribution >= 0.6 is 11.6 Å². The molecule has 9 heteroatoms. The van der Waals surface area contributed by atoms with E-state index in [1.165, 1.54) is 17.7 Å². The van der Waals surface area contributed by atoms with E-state index in [1.807, 2.05) is 0 Å². The quantitative estimate of drug-likeness (QED) is 0.734. The number of halogens is 4. The van der Waals surface area contributed by atoms with Crippen molar-refractivity contribution in [3.8, 4) is 5.75 Å². The minimum absolute atomic E-state index is 0.115. The molecule has 0 fully saturated rings. The fourth-order valence-electron chi connectivity index (χ4n) is 2.42. The highest BCUT2D eigenvalue weighted by molar-refractivity contribution is 6.33. The van der Waals surface area contributed by atoms with Gasteiger partial charge in [-0.1, -0.05) is 17.7 Å². The maximum atomic E-state index is 12.9. The molecule has 0 radical (unpaired) electrons. The first-order valence-electron chi connectivity index (χ1n) is 7.44. The number of carbonyl (C=O) groups is 1. The van der Waals surface area contributed by atoms with Gasteiger partial charge in [-0.3, -0.25) is 4.79 Å². The maximum absolute atomic E-state index is 12.9. The number of alkyl halides is 3. The summed E-state index contributed by atoms with van der Waals surface area (Å²) in [7, 11) is 1.51. The minimum Gasteiger partial charge on any atom is -0.497 e. The van der Waals surface area contributed by atoms with Gasteiger partial charge in [0.1, 0.15) is 5.75 Å². The summed E-state index contributed by atoms with van der Waals surface area (Å²) < 4.78 is 44.8. The number of imidazole rings is 1. The molecule has 2 aromatic heterocycles. The summed E-state index contributed by atoms with van der Waals surface area (Å²) in [6.45, 7) is 0. The minimum atomic E-state index is -4.52. The number of methoxy groups -OCH3 is 1. The van der Waals surface area contributed by atoms with E-state index in [0.29, 0.717) is 17.1 Å². The monoisotopic (exact) mass is 383 g/mol. The number of anilines is 1. The maximum Gasteiger partial charge on any atom is 0.417 e. The Kier molecular flexibility index (Phi) is 4.78. The van der Waals surface area contributed by atoms with Crippen molar-refractivity contribution in [3.05, 3.63) is 59.0 Å². The average Bonchev–Trinajstić information content (AvgIpc) is 2.97. The first-order valence-corrected chi connectivity index (χ1v) is 7.82. The summed E-state index contributed by atoms with van der Waals surface area (Å²) in [6.07, 6.45) is -2.40. The van der Waals surface area contributed by atoms with Gasteiger partial charge in [0.25, 0.3) is 0 Å². The first kappa shape index (κ1) is 18.1. The lowest BCUT2D eigenvalue weighted by Gasteiger charge is -2.07. The highest BCUT2D eigenvalue weighted by Crippen LogP contribution is 2.32. The average molecular weight is 384 g/mol. The number of hydrogen-bond acceptors (Lipinski definition) is 3. The van der Waals surface area contributed by atoms with E-state index in [-0.39, 0.29) is 23.0 Å². The van der Waals surface area contributed by atoms with Crippen molar-refractivity contribution < 1.29 is 22.7 Å². The largest absolute Gasteiger partial charge is 0.497 e. The number of rotatable bonds is 4. The first-order chi connectivity index (χ1) is 12.3. The summed E-state index contributed by atoms with van der Waals surface area (Å²) in [5.41, 5.74) is 0.103. The van der Waals surface area contributed by atoms with Gasteiger partial charge in [-0.15, -0.1) is 0 Å². The number of carbonyl (C=O) groups excluding carboxylic acids is 1. The Morgan fingerprint density at radius 1 is 1.31 bits per heavy atom. The smallest absolute Gasteiger partial charge is 0.417 e. The van der Waals surface area contributed by atoms with Crippen LogP contribution in [0.25, 0.3) is 5.65 Å². The zero-order valence-corrected chi connectivity index (χ0v) is 14.2. The zero-order chi connectivity index (χ0) is 18.9. The van der Waals surface area contributed by atoms with Crippen molar-refractivity contribution in [2.75, 3.05) is 12.4 Å². The summed E-state index contributed by atoms with van der Waals surface area (Å²) in [5, 5.41) is 2.54. The van der Waals surface area contributed by atoms with Gasteiger partial charge in [0, 0.05) is 24.1 Å². The Hall–Kier alpha value is -2.74. The number of hydrogen-bond donors (Lipinski definition) is 1. The van der Waals surface area contributed by atoms with Crippen molar-refractivity contribution in [2.24, 2.45) is 0 Å². The van der Waals surface area contributed by atoms with Crippen LogP contribution in [-0.4, -0.2) is 22.4 Å². The van der Waals surface area contributed by atoms with Gasteiger partial charge >= 0.3 is 6.18 Å². The molecule has 136 valence electrons. The molecule has 0 aliphatic carbocycles. The van der Waals surface area contributed by atoms with Crippen LogP contribution in [-0.2, 0) is 17.4 Å². The van der Waals surface area contributed by atoms with Crippen LogP contribution in [0, 0.1) is 0 Å². The Morgan fingerprint density at radius 3 is 2.77 bits per heavy atom. The number of nitrogens with one attached hydrogen (secondary N) is 1. The van der Waals surface area contributed by atoms with Gasteiger partial charge in [-0.2, -0.15) is 13.2 Å². The normalized spacial score (nSPS) is 11.6. The molecular formula is C17H13ClF3N3O2. The van der Waals surface area contributed by atoms with Crippen LogP contribution in [0.2, 0.25) is 5.02 Å². The Balaban J connectivity index is 1.80. The van der Waals surface area contributed by atoms with Crippen molar-refractivity contribution in [1.29, 1.82) is 0 Å². The molecule has 2 heterocycles. The van der Waals surface area contributed by atoms with E-state index in [0.717, 1.165) is 12.3 Å². The molecule has 1 amide bonds. The number of benzene rings is 1. The molecule has 26 heavy (non-hydrogen) atoms. The van der Waals surface area contributed by atoms with Gasteiger partial charge in [0.15, 0.2) is 5.65 Å². The van der Waals surface area contributed by atoms with Gasteiger partial charge in [0.05, 0.1) is 29.8 Å². The highest BCUT2D eigenvalue weighted by atomic mass is 35.5. The lowest BCUT2D eigenvalue weighted by Crippen LogP contribution is -2.14. The van der Waals surface area contributed by atoms with E-state index < -0.39 is 11.7 Å². The predicted molar refractivity (Wildman–Crippen MR) is 90.5 cm³/mol. The van der Waals surface area contributed by atoms with Crippen LogP contribution in [0.3, 0.4) is 0 Å². The Bertz CT molecular complexity index is 970. The molecule has 3 rings (SSSR count). The molecule has 0 aliphatic rings. The van der Waals surface area contributed by atoms with Crippen LogP contribution in [0.4, 0.5) is 18.9 Å². The third kappa shape index (κ3) is 3.91. The second-order valence-corrected chi connectivity index (χ2v) is 5.90. The molecule has 0 saturated heterocycles. The topological polar surface area (TPSA) is 55.6 Å². The molecular weight excluding hydrogens is 371 g/mol. The SMILES string of the molecule is COc1cccc(NC(=O)Cc2cn3cc(C(F)(F)F)cc(Cl)c3n2)c1. The number of nitrogens with zero attached hydrogens (tertiary/aromatic N) is 2. The van der Waals surface area contributed by atoms with Gasteiger partial charge in [0.2, 0.25) is 5.91 Å². The molecule has 0 spiro atoms. The molecule has 0 bridgehead atoms. The number of aromatic nitrogens is 2. The molecule has 0 saturated carbocycles. The molecule has 0 unspecified atom stereocenters. The van der Waals surface area contributed by atoms with E-state index >= 15 is 0 Å². The molecule has 0 aliphatic heterocycles. The van der Waals surface area contributed by atoms with E-state index in [1.54, 1.807) is 24.3 Å². The second-order valence-electron chi connectivity index (χ2n) is 5.49. The Labute approximate surface area is 151 Å². The van der Waals surface area contributed by atoms with Crippen LogP contribution < -0.4 is 10.1 Å². The lowest BCUT2D eigenvalue weighted by atomic mass is 10.2. The molecule has 1 aromatic carbocycles. The van der Waals surface area contributed by atoms with Crippen LogP contribution in [0.5, 0.6) is 5.75 Å². The Morgan fingerprint density at radius 2 is 2.08 bits per heavy atom. The third-order valence-corrected chi connectivity index (χ3v) is 3.86. The van der Waals surface area contributed by atoms with Crippen molar-refractivity contribution in [2.45, 2.75) is 12.6 Å². The number of amides is 1. The number of pyridine rings is 1. The van der Waals surface area contributed by atoms with E-state index in [9.17, 15) is 18.0 Å². The van der Waals surface area contributed by atoms with E-state index in [2.05, 4.69) is 10.3 Å². The predicted octanol–water partition coefficient (Wildman–Crippen LogP) is 4.20. The lowest BCUT2D eigenvalue weighted by molar-refractivity contribution is -0.137. The van der Waals surface area contributed by atoms with Crippen molar-refractivity contribution >= 4 is 28.8 Å². The number of fused-ring (bicyclic) bond motifs is 1. The third-order valence-electron chi connectivity index (χ3n) is 3.58. The zero-order valence-electron chi connectivity index (χ0n) is 13.5.